The monoisotopic (exact) mass is 269 g/mol. The summed E-state index contributed by atoms with van der Waals surface area (Å²) in [4.78, 5) is 27.8. The Kier molecular flexibility index (Phi) is 2.60. The van der Waals surface area contributed by atoms with E-state index in [1.165, 1.54) is 11.6 Å². The first-order chi connectivity index (χ1) is 9.58. The van der Waals surface area contributed by atoms with E-state index in [0.29, 0.717) is 5.69 Å². The summed E-state index contributed by atoms with van der Waals surface area (Å²) < 4.78 is 2.58. The summed E-state index contributed by atoms with van der Waals surface area (Å²) in [6, 6.07) is 10.3. The van der Waals surface area contributed by atoms with Gasteiger partial charge in [-0.2, -0.15) is 9.67 Å². The van der Waals surface area contributed by atoms with Crippen LogP contribution in [-0.4, -0.2) is 24.9 Å². The Hall–Kier alpha value is -2.96. The third kappa shape index (κ3) is 1.76. The van der Waals surface area contributed by atoms with Crippen molar-refractivity contribution >= 4 is 17.4 Å². The van der Waals surface area contributed by atoms with Crippen LogP contribution in [0.25, 0.3) is 11.5 Å². The summed E-state index contributed by atoms with van der Waals surface area (Å²) in [5, 5.41) is 4.17. The highest BCUT2D eigenvalue weighted by molar-refractivity contribution is 5.91. The molecule has 0 bridgehead atoms. The van der Waals surface area contributed by atoms with Gasteiger partial charge in [0.05, 0.1) is 5.69 Å². The van der Waals surface area contributed by atoms with Gasteiger partial charge in [0.15, 0.2) is 5.78 Å². The standard InChI is InChI=1S/C13H11N5O2/c1-8(19)12-16-18(9-5-3-2-4-6-9)13-15-10(14)7-11(20)17(12)13/h2-7H,14H2,1H3. The fourth-order valence-corrected chi connectivity index (χ4v) is 1.98. The number of rotatable bonds is 2. The van der Waals surface area contributed by atoms with Gasteiger partial charge in [0, 0.05) is 13.0 Å². The Morgan fingerprint density at radius 1 is 1.25 bits per heavy atom. The molecule has 0 saturated carbocycles. The maximum absolute atomic E-state index is 12.0. The molecule has 20 heavy (non-hydrogen) atoms. The Bertz CT molecular complexity index is 864. The van der Waals surface area contributed by atoms with Gasteiger partial charge in [-0.15, -0.1) is 5.10 Å². The van der Waals surface area contributed by atoms with Gasteiger partial charge >= 0.3 is 0 Å². The number of carbonyl (C=O) groups excluding carboxylic acids is 1. The lowest BCUT2D eigenvalue weighted by Crippen LogP contribution is -2.18. The number of nitrogen functional groups attached to an aromatic ring is 1. The number of benzene rings is 1. The minimum atomic E-state index is -0.431. The molecule has 0 unspecified atom stereocenters. The SMILES string of the molecule is CC(=O)c1nn(-c2ccccc2)c2nc(N)cc(=O)n12. The van der Waals surface area contributed by atoms with Crippen LogP contribution in [0.3, 0.4) is 0 Å². The van der Waals surface area contributed by atoms with Crippen molar-refractivity contribution in [1.29, 1.82) is 0 Å². The molecule has 0 aliphatic heterocycles. The van der Waals surface area contributed by atoms with Crippen molar-refractivity contribution in [2.45, 2.75) is 6.92 Å². The van der Waals surface area contributed by atoms with Crippen LogP contribution in [0.5, 0.6) is 0 Å². The van der Waals surface area contributed by atoms with E-state index in [1.54, 1.807) is 12.1 Å². The Labute approximate surface area is 113 Å². The van der Waals surface area contributed by atoms with E-state index >= 15 is 0 Å². The summed E-state index contributed by atoms with van der Waals surface area (Å²) in [7, 11) is 0. The Morgan fingerprint density at radius 3 is 2.60 bits per heavy atom. The third-order valence-electron chi connectivity index (χ3n) is 2.83. The maximum atomic E-state index is 12.0. The molecule has 0 saturated heterocycles. The number of anilines is 1. The topological polar surface area (TPSA) is 95.3 Å². The van der Waals surface area contributed by atoms with Gasteiger partial charge in [-0.3, -0.25) is 9.59 Å². The summed E-state index contributed by atoms with van der Waals surface area (Å²) in [6.07, 6.45) is 0. The fourth-order valence-electron chi connectivity index (χ4n) is 1.98. The molecule has 0 fully saturated rings. The minimum Gasteiger partial charge on any atom is -0.383 e. The minimum absolute atomic E-state index is 0.0290. The average Bonchev–Trinajstić information content (AvgIpc) is 2.79. The summed E-state index contributed by atoms with van der Waals surface area (Å²) in [5.41, 5.74) is 5.87. The van der Waals surface area contributed by atoms with Crippen LogP contribution in [-0.2, 0) is 0 Å². The van der Waals surface area contributed by atoms with Crippen molar-refractivity contribution < 1.29 is 4.79 Å². The number of ketones is 1. The van der Waals surface area contributed by atoms with Crippen LogP contribution in [0.15, 0.2) is 41.2 Å². The van der Waals surface area contributed by atoms with E-state index < -0.39 is 5.56 Å². The molecule has 2 N–H and O–H groups in total. The molecule has 2 heterocycles. The quantitative estimate of drug-likeness (QED) is 0.690. The molecule has 7 nitrogen and oxygen atoms in total. The lowest BCUT2D eigenvalue weighted by Gasteiger charge is -2.01. The molecule has 0 amide bonds. The molecule has 1 aromatic carbocycles. The van der Waals surface area contributed by atoms with Crippen LogP contribution in [0.2, 0.25) is 0 Å². The molecule has 0 radical (unpaired) electrons. The molecule has 2 aromatic heterocycles. The molecule has 0 atom stereocenters. The summed E-state index contributed by atoms with van der Waals surface area (Å²) in [5.74, 6) is 0.00767. The predicted octanol–water partition coefficient (Wildman–Crippen LogP) is 0.665. The molecule has 0 spiro atoms. The molecule has 0 aliphatic carbocycles. The highest BCUT2D eigenvalue weighted by Crippen LogP contribution is 2.12. The second-order valence-corrected chi connectivity index (χ2v) is 4.28. The Morgan fingerprint density at radius 2 is 1.95 bits per heavy atom. The smallest absolute Gasteiger partial charge is 0.263 e. The normalized spacial score (nSPS) is 10.8. The van der Waals surface area contributed by atoms with Crippen LogP contribution in [0.1, 0.15) is 17.5 Å². The van der Waals surface area contributed by atoms with Crippen molar-refractivity contribution in [2.24, 2.45) is 0 Å². The van der Waals surface area contributed by atoms with E-state index in [0.717, 1.165) is 10.5 Å². The molecule has 0 aliphatic rings. The van der Waals surface area contributed by atoms with Crippen molar-refractivity contribution in [1.82, 2.24) is 19.2 Å². The van der Waals surface area contributed by atoms with Crippen molar-refractivity contribution in [3.8, 4) is 5.69 Å². The highest BCUT2D eigenvalue weighted by atomic mass is 16.1. The van der Waals surface area contributed by atoms with Crippen LogP contribution < -0.4 is 11.3 Å². The lowest BCUT2D eigenvalue weighted by atomic mass is 10.3. The van der Waals surface area contributed by atoms with Gasteiger partial charge in [0.25, 0.3) is 5.56 Å². The van der Waals surface area contributed by atoms with E-state index in [1.807, 2.05) is 18.2 Å². The van der Waals surface area contributed by atoms with Gasteiger partial charge in [0.1, 0.15) is 5.82 Å². The third-order valence-corrected chi connectivity index (χ3v) is 2.83. The van der Waals surface area contributed by atoms with Gasteiger partial charge in [0.2, 0.25) is 11.6 Å². The zero-order valence-electron chi connectivity index (χ0n) is 10.6. The number of hydrogen-bond acceptors (Lipinski definition) is 5. The van der Waals surface area contributed by atoms with Gasteiger partial charge in [-0.1, -0.05) is 18.2 Å². The molecule has 7 heteroatoms. The van der Waals surface area contributed by atoms with Crippen molar-refractivity contribution in [3.63, 3.8) is 0 Å². The predicted molar refractivity (Wildman–Crippen MR) is 73.0 cm³/mol. The Balaban J connectivity index is 2.45. The summed E-state index contributed by atoms with van der Waals surface area (Å²) >= 11 is 0. The second kappa shape index (κ2) is 4.30. The summed E-state index contributed by atoms with van der Waals surface area (Å²) in [6.45, 7) is 1.35. The van der Waals surface area contributed by atoms with E-state index in [2.05, 4.69) is 10.1 Å². The first kappa shape index (κ1) is 12.1. The van der Waals surface area contributed by atoms with E-state index in [4.69, 9.17) is 5.73 Å². The number of para-hydroxylation sites is 1. The molecule has 3 aromatic rings. The molecule has 100 valence electrons. The second-order valence-electron chi connectivity index (χ2n) is 4.28. The van der Waals surface area contributed by atoms with Crippen LogP contribution in [0, 0.1) is 0 Å². The highest BCUT2D eigenvalue weighted by Gasteiger charge is 2.17. The first-order valence-electron chi connectivity index (χ1n) is 5.92. The number of fused-ring (bicyclic) bond motifs is 1. The van der Waals surface area contributed by atoms with E-state index in [-0.39, 0.29) is 23.2 Å². The number of nitrogens with two attached hydrogens (primary N) is 1. The molecular weight excluding hydrogens is 258 g/mol. The van der Waals surface area contributed by atoms with Crippen LogP contribution >= 0.6 is 0 Å². The number of Topliss-reactive ketones (excluding diaryl/α,β-unsaturated/α-hetero) is 1. The molecular formula is C13H11N5O2. The zero-order chi connectivity index (χ0) is 14.3. The van der Waals surface area contributed by atoms with Crippen molar-refractivity contribution in [2.75, 3.05) is 5.73 Å². The molecule has 3 rings (SSSR count). The van der Waals surface area contributed by atoms with Gasteiger partial charge in [-0.05, 0) is 12.1 Å². The fraction of sp³-hybridized carbons (Fsp3) is 0.0769. The van der Waals surface area contributed by atoms with Crippen LogP contribution in [0.4, 0.5) is 5.82 Å². The maximum Gasteiger partial charge on any atom is 0.263 e. The van der Waals surface area contributed by atoms with Gasteiger partial charge in [-0.25, -0.2) is 4.40 Å². The first-order valence-corrected chi connectivity index (χ1v) is 5.92. The average molecular weight is 269 g/mol. The van der Waals surface area contributed by atoms with E-state index in [9.17, 15) is 9.59 Å². The van der Waals surface area contributed by atoms with Crippen molar-refractivity contribution in [3.05, 3.63) is 52.6 Å². The number of hydrogen-bond donors (Lipinski definition) is 1. The zero-order valence-corrected chi connectivity index (χ0v) is 10.6. The largest absolute Gasteiger partial charge is 0.383 e. The van der Waals surface area contributed by atoms with Gasteiger partial charge < -0.3 is 5.73 Å². The number of carbonyl (C=O) groups is 1. The number of aromatic nitrogens is 4. The number of nitrogens with zero attached hydrogens (tertiary/aromatic N) is 4. The lowest BCUT2D eigenvalue weighted by molar-refractivity contribution is 0.100.